The van der Waals surface area contributed by atoms with Gasteiger partial charge in [0.25, 0.3) is 0 Å². The molecule has 2 rings (SSSR count). The Balaban J connectivity index is 2.09. The molecule has 0 spiro atoms. The largest absolute Gasteiger partial charge is 0.386 e. The summed E-state index contributed by atoms with van der Waals surface area (Å²) in [6.45, 7) is 10.5. The van der Waals surface area contributed by atoms with Gasteiger partial charge in [0.2, 0.25) is 0 Å². The van der Waals surface area contributed by atoms with E-state index < -0.39 is 0 Å². The summed E-state index contributed by atoms with van der Waals surface area (Å²) in [6.07, 6.45) is 6.62. The highest BCUT2D eigenvalue weighted by Crippen LogP contribution is 2.27. The molecule has 0 aromatic carbocycles. The smallest absolute Gasteiger partial charge is 0.115 e. The molecule has 0 amide bonds. The highest BCUT2D eigenvalue weighted by atomic mass is 15.2. The minimum Gasteiger partial charge on any atom is -0.386 e. The molecule has 0 atom stereocenters. The third-order valence-corrected chi connectivity index (χ3v) is 3.48. The fourth-order valence-electron chi connectivity index (χ4n) is 2.28. The third kappa shape index (κ3) is 2.74. The molecule has 2 aliphatic heterocycles. The summed E-state index contributed by atoms with van der Waals surface area (Å²) in [5, 5.41) is 15.9. The van der Waals surface area contributed by atoms with E-state index in [-0.39, 0.29) is 11.1 Å². The molecule has 4 heteroatoms. The first-order chi connectivity index (χ1) is 8.42. The average molecular weight is 248 g/mol. The van der Waals surface area contributed by atoms with Crippen molar-refractivity contribution in [2.24, 2.45) is 10.2 Å². The van der Waals surface area contributed by atoms with E-state index in [4.69, 9.17) is 0 Å². The molecule has 0 aromatic heterocycles. The topological polar surface area (TPSA) is 48.8 Å². The van der Waals surface area contributed by atoms with Gasteiger partial charge in [-0.1, -0.05) is 12.2 Å². The lowest BCUT2D eigenvalue weighted by Crippen LogP contribution is -2.31. The first-order valence-corrected chi connectivity index (χ1v) is 6.75. The molecule has 4 nitrogen and oxygen atoms in total. The second-order valence-electron chi connectivity index (χ2n) is 5.98. The van der Waals surface area contributed by atoms with Gasteiger partial charge in [-0.2, -0.15) is 10.2 Å². The van der Waals surface area contributed by atoms with E-state index in [1.807, 2.05) is 0 Å². The lowest BCUT2D eigenvalue weighted by molar-refractivity contribution is 0.470. The molecular formula is C14H24N4. The van der Waals surface area contributed by atoms with Gasteiger partial charge < -0.3 is 10.6 Å². The van der Waals surface area contributed by atoms with Crippen molar-refractivity contribution < 1.29 is 0 Å². The summed E-state index contributed by atoms with van der Waals surface area (Å²) in [6, 6.07) is 0. The Morgan fingerprint density at radius 3 is 1.50 bits per heavy atom. The van der Waals surface area contributed by atoms with Crippen molar-refractivity contribution in [1.29, 1.82) is 0 Å². The van der Waals surface area contributed by atoms with Gasteiger partial charge >= 0.3 is 0 Å². The van der Waals surface area contributed by atoms with Crippen LogP contribution in [-0.4, -0.2) is 24.2 Å². The minimum atomic E-state index is -0.257. The summed E-state index contributed by atoms with van der Waals surface area (Å²) >= 11 is 0. The molecule has 2 heterocycles. The predicted molar refractivity (Wildman–Crippen MR) is 74.4 cm³/mol. The van der Waals surface area contributed by atoms with Crippen LogP contribution in [0.15, 0.2) is 33.8 Å². The maximum atomic E-state index is 4.57. The van der Waals surface area contributed by atoms with Crippen molar-refractivity contribution in [3.8, 4) is 0 Å². The maximum absolute atomic E-state index is 4.57. The molecule has 0 aliphatic carbocycles. The minimum absolute atomic E-state index is 0.257. The number of nitrogens with one attached hydrogen (secondary N) is 2. The summed E-state index contributed by atoms with van der Waals surface area (Å²) in [5.41, 5.74) is 1.87. The van der Waals surface area contributed by atoms with Crippen molar-refractivity contribution in [2.75, 3.05) is 13.1 Å². The molecule has 0 fully saturated rings. The van der Waals surface area contributed by atoms with Crippen molar-refractivity contribution in [1.82, 2.24) is 10.6 Å². The maximum Gasteiger partial charge on any atom is 0.115 e. The Morgan fingerprint density at radius 1 is 0.833 bits per heavy atom. The SMILES string of the molecule is CC(C)(N=NC(C)(C)C1=CCCN1)C1=CCCN1. The summed E-state index contributed by atoms with van der Waals surface area (Å²) in [4.78, 5) is 0. The molecule has 0 saturated heterocycles. The van der Waals surface area contributed by atoms with Gasteiger partial charge in [0, 0.05) is 24.5 Å². The van der Waals surface area contributed by atoms with Crippen molar-refractivity contribution in [2.45, 2.75) is 51.6 Å². The van der Waals surface area contributed by atoms with Crippen LogP contribution < -0.4 is 10.6 Å². The van der Waals surface area contributed by atoms with Crippen LogP contribution in [0.3, 0.4) is 0 Å². The van der Waals surface area contributed by atoms with Crippen molar-refractivity contribution >= 4 is 0 Å². The molecule has 0 aromatic rings. The summed E-state index contributed by atoms with van der Waals surface area (Å²) < 4.78 is 0. The highest BCUT2D eigenvalue weighted by molar-refractivity contribution is 5.21. The molecule has 18 heavy (non-hydrogen) atoms. The number of rotatable bonds is 4. The summed E-state index contributed by atoms with van der Waals surface area (Å²) in [5.74, 6) is 0. The molecule has 2 aliphatic rings. The Hall–Kier alpha value is -1.32. The first kappa shape index (κ1) is 13.1. The van der Waals surface area contributed by atoms with Crippen LogP contribution in [0.4, 0.5) is 0 Å². The zero-order chi connectivity index (χ0) is 13.2. The van der Waals surface area contributed by atoms with E-state index in [2.05, 4.69) is 60.7 Å². The van der Waals surface area contributed by atoms with E-state index in [1.54, 1.807) is 0 Å². The van der Waals surface area contributed by atoms with Gasteiger partial charge in [0.15, 0.2) is 0 Å². The fraction of sp³-hybridized carbons (Fsp3) is 0.714. The Morgan fingerprint density at radius 2 is 1.22 bits per heavy atom. The van der Waals surface area contributed by atoms with Gasteiger partial charge in [-0.05, 0) is 40.5 Å². The molecule has 100 valence electrons. The Labute approximate surface area is 110 Å². The van der Waals surface area contributed by atoms with Crippen LogP contribution in [0.2, 0.25) is 0 Å². The quantitative estimate of drug-likeness (QED) is 0.752. The Kier molecular flexibility index (Phi) is 3.46. The van der Waals surface area contributed by atoms with Gasteiger partial charge in [-0.15, -0.1) is 0 Å². The van der Waals surface area contributed by atoms with Crippen LogP contribution >= 0.6 is 0 Å². The van der Waals surface area contributed by atoms with Gasteiger partial charge in [-0.3, -0.25) is 0 Å². The molecule has 0 unspecified atom stereocenters. The van der Waals surface area contributed by atoms with Crippen molar-refractivity contribution in [3.05, 3.63) is 23.5 Å². The number of nitrogens with zero attached hydrogens (tertiary/aromatic N) is 2. The van der Waals surface area contributed by atoms with Gasteiger partial charge in [0.1, 0.15) is 11.1 Å². The van der Waals surface area contributed by atoms with E-state index in [0.717, 1.165) is 25.9 Å². The summed E-state index contributed by atoms with van der Waals surface area (Å²) in [7, 11) is 0. The monoisotopic (exact) mass is 248 g/mol. The van der Waals surface area contributed by atoms with Crippen LogP contribution in [-0.2, 0) is 0 Å². The zero-order valence-corrected chi connectivity index (χ0v) is 11.9. The van der Waals surface area contributed by atoms with Crippen LogP contribution in [0.1, 0.15) is 40.5 Å². The van der Waals surface area contributed by atoms with Crippen LogP contribution in [0, 0.1) is 0 Å². The molecule has 0 radical (unpaired) electrons. The fourth-order valence-corrected chi connectivity index (χ4v) is 2.28. The molecule has 0 bridgehead atoms. The normalized spacial score (nSPS) is 20.7. The van der Waals surface area contributed by atoms with Crippen LogP contribution in [0.5, 0.6) is 0 Å². The first-order valence-electron chi connectivity index (χ1n) is 6.75. The lowest BCUT2D eigenvalue weighted by atomic mass is 10.0. The number of azo groups is 1. The molecule has 2 N–H and O–H groups in total. The number of hydrogen-bond acceptors (Lipinski definition) is 4. The van der Waals surface area contributed by atoms with Gasteiger partial charge in [0.05, 0.1) is 0 Å². The molecule has 0 saturated carbocycles. The zero-order valence-electron chi connectivity index (χ0n) is 11.9. The number of hydrogen-bond donors (Lipinski definition) is 2. The predicted octanol–water partition coefficient (Wildman–Crippen LogP) is 2.75. The lowest BCUT2D eigenvalue weighted by Gasteiger charge is -2.25. The van der Waals surface area contributed by atoms with E-state index in [0.29, 0.717) is 0 Å². The molecular weight excluding hydrogens is 224 g/mol. The second-order valence-corrected chi connectivity index (χ2v) is 5.98. The average Bonchev–Trinajstić information content (AvgIpc) is 2.99. The highest BCUT2D eigenvalue weighted by Gasteiger charge is 2.29. The van der Waals surface area contributed by atoms with E-state index in [1.165, 1.54) is 11.4 Å². The Bertz CT molecular complexity index is 364. The van der Waals surface area contributed by atoms with Crippen molar-refractivity contribution in [3.63, 3.8) is 0 Å². The standard InChI is InChI=1S/C14H24N4/c1-13(2,11-7-5-9-15-11)17-18-14(3,4)12-8-6-10-16-12/h7-8,15-16H,5-6,9-10H2,1-4H3. The van der Waals surface area contributed by atoms with Gasteiger partial charge in [-0.25, -0.2) is 0 Å². The second kappa shape index (κ2) is 4.75. The van der Waals surface area contributed by atoms with Crippen LogP contribution in [0.25, 0.3) is 0 Å². The van der Waals surface area contributed by atoms with E-state index in [9.17, 15) is 0 Å². The van der Waals surface area contributed by atoms with E-state index >= 15 is 0 Å². The third-order valence-electron chi connectivity index (χ3n) is 3.48.